The van der Waals surface area contributed by atoms with Gasteiger partial charge < -0.3 is 20.4 Å². The molecule has 138 valence electrons. The van der Waals surface area contributed by atoms with Gasteiger partial charge in [0, 0.05) is 13.6 Å². The largest absolute Gasteiger partial charge is 0.380 e. The van der Waals surface area contributed by atoms with Crippen molar-refractivity contribution in [3.63, 3.8) is 0 Å². The average molecular weight is 348 g/mol. The lowest BCUT2D eigenvalue weighted by Gasteiger charge is -2.28. The first-order chi connectivity index (χ1) is 11.8. The second-order valence-corrected chi connectivity index (χ2v) is 6.10. The Balaban J connectivity index is 2.62. The second kappa shape index (κ2) is 9.96. The van der Waals surface area contributed by atoms with Crippen molar-refractivity contribution < 1.29 is 19.8 Å². The van der Waals surface area contributed by atoms with E-state index in [-0.39, 0.29) is 6.04 Å². The molecule has 3 atom stereocenters. The fourth-order valence-corrected chi connectivity index (χ4v) is 2.26. The number of benzene rings is 1. The average Bonchev–Trinajstić information content (AvgIpc) is 2.65. The molecule has 0 spiro atoms. The molecular formula is C19H28N2O4. The minimum Gasteiger partial charge on any atom is -0.380 e. The van der Waals surface area contributed by atoms with E-state index < -0.39 is 24.0 Å². The van der Waals surface area contributed by atoms with E-state index in [0.717, 1.165) is 11.1 Å². The van der Waals surface area contributed by atoms with Gasteiger partial charge in [0.25, 0.3) is 11.8 Å². The van der Waals surface area contributed by atoms with E-state index in [1.54, 1.807) is 0 Å². The Hall–Kier alpha value is -2.18. The molecule has 3 N–H and O–H groups in total. The number of amides is 2. The van der Waals surface area contributed by atoms with E-state index >= 15 is 0 Å². The molecule has 0 aromatic heterocycles. The van der Waals surface area contributed by atoms with Crippen molar-refractivity contribution >= 4 is 11.8 Å². The van der Waals surface area contributed by atoms with Gasteiger partial charge in [0.1, 0.15) is 0 Å². The van der Waals surface area contributed by atoms with Crippen molar-refractivity contribution in [3.8, 4) is 0 Å². The summed E-state index contributed by atoms with van der Waals surface area (Å²) >= 11 is 0. The number of nitrogens with zero attached hydrogens (tertiary/aromatic N) is 1. The van der Waals surface area contributed by atoms with Gasteiger partial charge in [-0.15, -0.1) is 0 Å². The number of aliphatic hydroxyl groups is 2. The Kier molecular flexibility index (Phi) is 8.31. The summed E-state index contributed by atoms with van der Waals surface area (Å²) in [5, 5.41) is 22.5. The Morgan fingerprint density at radius 1 is 1.20 bits per heavy atom. The van der Waals surface area contributed by atoms with Gasteiger partial charge >= 0.3 is 0 Å². The van der Waals surface area contributed by atoms with Crippen molar-refractivity contribution in [2.75, 3.05) is 13.6 Å². The molecule has 0 radical (unpaired) electrons. The molecule has 1 rings (SSSR count). The highest BCUT2D eigenvalue weighted by Crippen LogP contribution is 2.19. The Morgan fingerprint density at radius 2 is 1.80 bits per heavy atom. The molecule has 0 aliphatic carbocycles. The van der Waals surface area contributed by atoms with Crippen LogP contribution in [0, 0.1) is 0 Å². The molecule has 0 heterocycles. The minimum atomic E-state index is -1.81. The van der Waals surface area contributed by atoms with Crippen LogP contribution >= 0.6 is 0 Å². The number of hydrogen-bond acceptors (Lipinski definition) is 4. The topological polar surface area (TPSA) is 89.9 Å². The predicted octanol–water partition coefficient (Wildman–Crippen LogP) is 1.40. The monoisotopic (exact) mass is 348 g/mol. The third-order valence-corrected chi connectivity index (χ3v) is 4.34. The Labute approximate surface area is 149 Å². The van der Waals surface area contributed by atoms with Crippen molar-refractivity contribution in [2.45, 2.75) is 45.4 Å². The highest BCUT2D eigenvalue weighted by molar-refractivity contribution is 5.90. The van der Waals surface area contributed by atoms with Gasteiger partial charge in [0.2, 0.25) is 0 Å². The zero-order valence-electron chi connectivity index (χ0n) is 15.3. The molecular weight excluding hydrogens is 320 g/mol. The quantitative estimate of drug-likeness (QED) is 0.620. The van der Waals surface area contributed by atoms with Gasteiger partial charge in [-0.3, -0.25) is 9.59 Å². The van der Waals surface area contributed by atoms with E-state index in [9.17, 15) is 19.8 Å². The Bertz CT molecular complexity index is 601. The van der Waals surface area contributed by atoms with Crippen LogP contribution in [0.3, 0.4) is 0 Å². The summed E-state index contributed by atoms with van der Waals surface area (Å²) in [6, 6.07) is 9.03. The maximum absolute atomic E-state index is 12.4. The molecule has 0 bridgehead atoms. The summed E-state index contributed by atoms with van der Waals surface area (Å²) in [7, 11) is 1.53. The minimum absolute atomic E-state index is 0.295. The highest BCUT2D eigenvalue weighted by Gasteiger charge is 2.33. The van der Waals surface area contributed by atoms with Crippen LogP contribution in [0.2, 0.25) is 0 Å². The third kappa shape index (κ3) is 5.99. The number of carbonyl (C=O) groups excluding carboxylic acids is 2. The summed E-state index contributed by atoms with van der Waals surface area (Å²) < 4.78 is 0. The van der Waals surface area contributed by atoms with Gasteiger partial charge in [-0.1, -0.05) is 42.0 Å². The SMILES string of the molecule is C/C=C(\C)CCNC(=O)[C@H](O)[C@@H](O)C(=O)N(C)[C@H](C)c1ccccc1. The molecule has 6 heteroatoms. The van der Waals surface area contributed by atoms with Gasteiger partial charge in [-0.05, 0) is 32.8 Å². The van der Waals surface area contributed by atoms with Gasteiger partial charge in [0.15, 0.2) is 12.2 Å². The summed E-state index contributed by atoms with van der Waals surface area (Å²) in [6.07, 6.45) is -1.03. The first-order valence-corrected chi connectivity index (χ1v) is 8.36. The van der Waals surface area contributed by atoms with Gasteiger partial charge in [0.05, 0.1) is 6.04 Å². The van der Waals surface area contributed by atoms with Crippen LogP contribution in [-0.2, 0) is 9.59 Å². The van der Waals surface area contributed by atoms with Crippen molar-refractivity contribution in [3.05, 3.63) is 47.5 Å². The first-order valence-electron chi connectivity index (χ1n) is 8.36. The number of rotatable bonds is 8. The summed E-state index contributed by atoms with van der Waals surface area (Å²) in [5.74, 6) is -1.46. The van der Waals surface area contributed by atoms with E-state index in [1.807, 2.05) is 57.2 Å². The first kappa shape index (κ1) is 20.9. The Morgan fingerprint density at radius 3 is 2.36 bits per heavy atom. The molecule has 6 nitrogen and oxygen atoms in total. The number of aliphatic hydroxyl groups excluding tert-OH is 2. The smallest absolute Gasteiger partial charge is 0.254 e. The fourth-order valence-electron chi connectivity index (χ4n) is 2.26. The number of carbonyl (C=O) groups is 2. The second-order valence-electron chi connectivity index (χ2n) is 6.10. The fraction of sp³-hybridized carbons (Fsp3) is 0.474. The normalized spacial score (nSPS) is 15.2. The van der Waals surface area contributed by atoms with Crippen LogP contribution in [-0.4, -0.2) is 52.7 Å². The summed E-state index contributed by atoms with van der Waals surface area (Å²) in [6.45, 7) is 5.98. The van der Waals surface area contributed by atoms with Crippen LogP contribution in [0.1, 0.15) is 38.8 Å². The van der Waals surface area contributed by atoms with Gasteiger partial charge in [-0.25, -0.2) is 0 Å². The maximum atomic E-state index is 12.4. The lowest BCUT2D eigenvalue weighted by Crippen LogP contribution is -2.50. The van der Waals surface area contributed by atoms with Crippen LogP contribution in [0.25, 0.3) is 0 Å². The zero-order valence-corrected chi connectivity index (χ0v) is 15.3. The van der Waals surface area contributed by atoms with Crippen LogP contribution in [0.15, 0.2) is 42.0 Å². The van der Waals surface area contributed by atoms with Crippen LogP contribution < -0.4 is 5.32 Å². The predicted molar refractivity (Wildman–Crippen MR) is 96.7 cm³/mol. The lowest BCUT2D eigenvalue weighted by molar-refractivity contribution is -0.153. The van der Waals surface area contributed by atoms with Crippen molar-refractivity contribution in [2.24, 2.45) is 0 Å². The van der Waals surface area contributed by atoms with Crippen molar-refractivity contribution in [1.29, 1.82) is 0 Å². The van der Waals surface area contributed by atoms with E-state index in [1.165, 1.54) is 11.9 Å². The molecule has 0 aliphatic heterocycles. The van der Waals surface area contributed by atoms with E-state index in [0.29, 0.717) is 13.0 Å². The highest BCUT2D eigenvalue weighted by atomic mass is 16.3. The van der Waals surface area contributed by atoms with Crippen LogP contribution in [0.4, 0.5) is 0 Å². The number of hydrogen-bond donors (Lipinski definition) is 3. The summed E-state index contributed by atoms with van der Waals surface area (Å²) in [4.78, 5) is 25.6. The number of likely N-dealkylation sites (N-methyl/N-ethyl adjacent to an activating group) is 1. The summed E-state index contributed by atoms with van der Waals surface area (Å²) in [5.41, 5.74) is 1.99. The third-order valence-electron chi connectivity index (χ3n) is 4.34. The van der Waals surface area contributed by atoms with Crippen LogP contribution in [0.5, 0.6) is 0 Å². The standard InChI is InChI=1S/C19H28N2O4/c1-5-13(2)11-12-20-18(24)16(22)17(23)19(25)21(4)14(3)15-9-7-6-8-10-15/h5-10,14,16-17,22-23H,11-12H2,1-4H3,(H,20,24)/b13-5+/t14-,16-,17-/m1/s1. The molecule has 0 fully saturated rings. The molecule has 0 saturated heterocycles. The van der Waals surface area contributed by atoms with E-state index in [2.05, 4.69) is 5.32 Å². The van der Waals surface area contributed by atoms with Crippen molar-refractivity contribution in [1.82, 2.24) is 10.2 Å². The molecule has 0 saturated carbocycles. The molecule has 0 aliphatic rings. The molecule has 0 unspecified atom stereocenters. The lowest BCUT2D eigenvalue weighted by atomic mass is 10.1. The molecule has 1 aromatic carbocycles. The molecule has 25 heavy (non-hydrogen) atoms. The maximum Gasteiger partial charge on any atom is 0.254 e. The van der Waals surface area contributed by atoms with E-state index in [4.69, 9.17) is 0 Å². The molecule has 2 amide bonds. The molecule has 1 aromatic rings. The number of nitrogens with one attached hydrogen (secondary N) is 1. The zero-order chi connectivity index (χ0) is 19.0. The number of allylic oxidation sites excluding steroid dienone is 1. The van der Waals surface area contributed by atoms with Gasteiger partial charge in [-0.2, -0.15) is 0 Å².